The Labute approximate surface area is 529 Å². The van der Waals surface area contributed by atoms with E-state index in [4.69, 9.17) is 37.0 Å². The molecule has 0 fully saturated rings. The second-order valence-electron chi connectivity index (χ2n) is 24.4. The monoisotopic (exact) mass is 1280 g/mol. The van der Waals surface area contributed by atoms with Crippen molar-refractivity contribution in [1.82, 2.24) is 0 Å². The van der Waals surface area contributed by atoms with Gasteiger partial charge in [0, 0.05) is 25.7 Å². The Hall–Kier alpha value is -2.46. The molecule has 0 amide bonds. The molecule has 87 heavy (non-hydrogen) atoms. The molecular weight excluding hydrogens is 1150 g/mol. The van der Waals surface area contributed by atoms with E-state index in [1.54, 1.807) is 0 Å². The number of unbranched alkanes of at least 4 members (excludes halogenated alkanes) is 35. The number of esters is 4. The fourth-order valence-corrected chi connectivity index (χ4v) is 11.3. The fourth-order valence-electron chi connectivity index (χ4n) is 9.75. The highest BCUT2D eigenvalue weighted by atomic mass is 31.2. The standard InChI is InChI=1S/C68H128O17P2/c1-6-9-12-15-18-21-23-25-26-28-30-33-38-43-48-53-67(72)84-63(57-79-66(71)52-47-42-37-32-29-27-24-22-19-16-13-10-7-2)59-82-86(74,75)80-55-62(69)56-81-87(76,77)83-60-64(58-78-65(70)51-46-41-36-31-20-17-14-11-8-3)85-68(73)54-49-44-39-34-35-40-45-50-61(4)5/h21,23,25-26,61-64,69H,6-20,22,24,27-60H2,1-5H3,(H,74,75)(H,76,77)/b23-21-,26-25-/t62-,63-,64-/m1/s1. The second-order valence-corrected chi connectivity index (χ2v) is 27.3. The third-order valence-corrected chi connectivity index (χ3v) is 17.1. The molecule has 2 unspecified atom stereocenters. The van der Waals surface area contributed by atoms with Crippen molar-refractivity contribution >= 4 is 39.5 Å². The Morgan fingerprint density at radius 1 is 0.356 bits per heavy atom. The maximum absolute atomic E-state index is 13.0. The first-order chi connectivity index (χ1) is 42.0. The molecule has 0 aliphatic rings. The van der Waals surface area contributed by atoms with Crippen LogP contribution < -0.4 is 0 Å². The minimum Gasteiger partial charge on any atom is -0.462 e. The van der Waals surface area contributed by atoms with Crippen molar-refractivity contribution in [3.8, 4) is 0 Å². The zero-order chi connectivity index (χ0) is 64.2. The lowest BCUT2D eigenvalue weighted by molar-refractivity contribution is -0.161. The molecule has 0 saturated carbocycles. The lowest BCUT2D eigenvalue weighted by Crippen LogP contribution is -2.30. The first-order valence-electron chi connectivity index (χ1n) is 35.0. The Bertz CT molecular complexity index is 1780. The van der Waals surface area contributed by atoms with Gasteiger partial charge >= 0.3 is 39.5 Å². The minimum absolute atomic E-state index is 0.0853. The van der Waals surface area contributed by atoms with E-state index >= 15 is 0 Å². The first-order valence-corrected chi connectivity index (χ1v) is 37.9. The number of rotatable bonds is 66. The molecule has 5 atom stereocenters. The SMILES string of the molecule is CCCCCC/C=C\C=C/CCCCCCCC(=O)O[C@H](COC(=O)CCCCCCCCCCCCCCC)COP(=O)(O)OC[C@@H](O)COP(=O)(O)OC[C@@H](COC(=O)CCCCCCCCCCC)OC(=O)CCCCCCCCCC(C)C. The third-order valence-electron chi connectivity index (χ3n) is 15.2. The predicted octanol–water partition coefficient (Wildman–Crippen LogP) is 18.9. The number of carbonyl (C=O) groups excluding carboxylic acids is 4. The fraction of sp³-hybridized carbons (Fsp3) is 0.882. The van der Waals surface area contributed by atoms with Crippen LogP contribution in [-0.4, -0.2) is 96.7 Å². The zero-order valence-corrected chi connectivity index (χ0v) is 57.4. The molecule has 0 aromatic carbocycles. The van der Waals surface area contributed by atoms with E-state index in [1.807, 2.05) is 0 Å². The summed E-state index contributed by atoms with van der Waals surface area (Å²) in [5.74, 6) is -1.47. The Balaban J connectivity index is 5.27. The molecule has 19 heteroatoms. The average molecular weight is 1280 g/mol. The molecule has 0 aromatic heterocycles. The molecule has 0 aliphatic heterocycles. The van der Waals surface area contributed by atoms with Gasteiger partial charge in [0.25, 0.3) is 0 Å². The summed E-state index contributed by atoms with van der Waals surface area (Å²) >= 11 is 0. The van der Waals surface area contributed by atoms with Crippen molar-refractivity contribution in [2.45, 2.75) is 342 Å². The predicted molar refractivity (Wildman–Crippen MR) is 349 cm³/mol. The van der Waals surface area contributed by atoms with Crippen LogP contribution in [0.3, 0.4) is 0 Å². The minimum atomic E-state index is -4.96. The molecule has 0 rings (SSSR count). The van der Waals surface area contributed by atoms with Crippen LogP contribution in [-0.2, 0) is 65.4 Å². The maximum Gasteiger partial charge on any atom is 0.472 e. The van der Waals surface area contributed by atoms with Gasteiger partial charge in [-0.3, -0.25) is 37.3 Å². The van der Waals surface area contributed by atoms with Gasteiger partial charge in [0.05, 0.1) is 26.4 Å². The Morgan fingerprint density at radius 3 is 0.943 bits per heavy atom. The van der Waals surface area contributed by atoms with E-state index in [0.29, 0.717) is 31.6 Å². The molecule has 0 saturated heterocycles. The number of phosphoric acid groups is 2. The van der Waals surface area contributed by atoms with Crippen LogP contribution in [0.5, 0.6) is 0 Å². The number of phosphoric ester groups is 2. The Kier molecular flexibility index (Phi) is 59.3. The van der Waals surface area contributed by atoms with E-state index in [-0.39, 0.29) is 25.7 Å². The molecule has 3 N–H and O–H groups in total. The van der Waals surface area contributed by atoms with Crippen LogP contribution in [0, 0.1) is 5.92 Å². The number of allylic oxidation sites excluding steroid dienone is 4. The van der Waals surface area contributed by atoms with E-state index in [2.05, 4.69) is 58.9 Å². The summed E-state index contributed by atoms with van der Waals surface area (Å²) in [5.41, 5.74) is 0. The summed E-state index contributed by atoms with van der Waals surface area (Å²) < 4.78 is 68.1. The van der Waals surface area contributed by atoms with E-state index in [0.717, 1.165) is 103 Å². The molecule has 0 aromatic rings. The van der Waals surface area contributed by atoms with Crippen molar-refractivity contribution in [2.75, 3.05) is 39.6 Å². The molecule has 0 aliphatic carbocycles. The van der Waals surface area contributed by atoms with E-state index in [9.17, 15) is 43.2 Å². The third kappa shape index (κ3) is 62.1. The quantitative estimate of drug-likeness (QED) is 0.0169. The summed E-state index contributed by atoms with van der Waals surface area (Å²) in [5, 5.41) is 10.6. The van der Waals surface area contributed by atoms with Gasteiger partial charge in [-0.1, -0.05) is 271 Å². The maximum atomic E-state index is 13.0. The molecule has 0 heterocycles. The highest BCUT2D eigenvalue weighted by molar-refractivity contribution is 7.47. The van der Waals surface area contributed by atoms with Gasteiger partial charge < -0.3 is 33.8 Å². The van der Waals surface area contributed by atoms with Crippen LogP contribution in [0.2, 0.25) is 0 Å². The lowest BCUT2D eigenvalue weighted by atomic mass is 10.0. The molecular formula is C68H128O17P2. The number of aliphatic hydroxyl groups is 1. The van der Waals surface area contributed by atoms with Crippen LogP contribution in [0.15, 0.2) is 24.3 Å². The lowest BCUT2D eigenvalue weighted by Gasteiger charge is -2.21. The summed E-state index contributed by atoms with van der Waals surface area (Å²) in [6, 6.07) is 0. The van der Waals surface area contributed by atoms with Gasteiger partial charge in [0.1, 0.15) is 19.3 Å². The van der Waals surface area contributed by atoms with E-state index in [1.165, 1.54) is 135 Å². The molecule has 512 valence electrons. The van der Waals surface area contributed by atoms with Gasteiger partial charge in [0.15, 0.2) is 12.2 Å². The summed E-state index contributed by atoms with van der Waals surface area (Å²) in [6.07, 6.45) is 49.4. The van der Waals surface area contributed by atoms with Crippen molar-refractivity contribution in [3.05, 3.63) is 24.3 Å². The highest BCUT2D eigenvalue weighted by Gasteiger charge is 2.30. The number of hydrogen-bond donors (Lipinski definition) is 3. The summed E-state index contributed by atoms with van der Waals surface area (Å²) in [4.78, 5) is 72.3. The smallest absolute Gasteiger partial charge is 0.462 e. The summed E-state index contributed by atoms with van der Waals surface area (Å²) in [6.45, 7) is 7.08. The summed E-state index contributed by atoms with van der Waals surface area (Å²) in [7, 11) is -9.90. The van der Waals surface area contributed by atoms with E-state index < -0.39 is 97.5 Å². The molecule has 0 bridgehead atoms. The number of carbonyl (C=O) groups is 4. The average Bonchev–Trinajstić information content (AvgIpc) is 3.71. The van der Waals surface area contributed by atoms with Gasteiger partial charge in [-0.25, -0.2) is 9.13 Å². The van der Waals surface area contributed by atoms with Gasteiger partial charge in [-0.05, 0) is 57.3 Å². The van der Waals surface area contributed by atoms with Gasteiger partial charge in [0.2, 0.25) is 0 Å². The van der Waals surface area contributed by atoms with Crippen molar-refractivity contribution in [3.63, 3.8) is 0 Å². The Morgan fingerprint density at radius 2 is 0.621 bits per heavy atom. The van der Waals surface area contributed by atoms with Crippen molar-refractivity contribution in [2.24, 2.45) is 5.92 Å². The van der Waals surface area contributed by atoms with Crippen LogP contribution in [0.4, 0.5) is 0 Å². The topological polar surface area (TPSA) is 237 Å². The second kappa shape index (κ2) is 61.1. The van der Waals surface area contributed by atoms with Crippen molar-refractivity contribution < 1.29 is 80.2 Å². The zero-order valence-electron chi connectivity index (χ0n) is 55.6. The highest BCUT2D eigenvalue weighted by Crippen LogP contribution is 2.45. The van der Waals surface area contributed by atoms with Gasteiger partial charge in [-0.15, -0.1) is 0 Å². The normalized spacial score (nSPS) is 14.3. The molecule has 0 radical (unpaired) electrons. The molecule has 17 nitrogen and oxygen atoms in total. The molecule has 0 spiro atoms. The number of ether oxygens (including phenoxy) is 4. The van der Waals surface area contributed by atoms with Crippen LogP contribution in [0.1, 0.15) is 324 Å². The van der Waals surface area contributed by atoms with Gasteiger partial charge in [-0.2, -0.15) is 0 Å². The largest absolute Gasteiger partial charge is 0.472 e. The number of hydrogen-bond acceptors (Lipinski definition) is 15. The van der Waals surface area contributed by atoms with Crippen LogP contribution >= 0.6 is 15.6 Å². The first kappa shape index (κ1) is 84.5. The van der Waals surface area contributed by atoms with Crippen molar-refractivity contribution in [1.29, 1.82) is 0 Å². The number of aliphatic hydroxyl groups excluding tert-OH is 1. The van der Waals surface area contributed by atoms with Crippen LogP contribution in [0.25, 0.3) is 0 Å².